The summed E-state index contributed by atoms with van der Waals surface area (Å²) < 4.78 is 2.01. The highest BCUT2D eigenvalue weighted by Gasteiger charge is 2.17. The van der Waals surface area contributed by atoms with Gasteiger partial charge in [0.05, 0.1) is 16.6 Å². The average molecular weight is 342 g/mol. The van der Waals surface area contributed by atoms with E-state index >= 15 is 0 Å². The Hall–Kier alpha value is -1.93. The zero-order chi connectivity index (χ0) is 16.3. The SMILES string of the molecule is CC(NC(=O)c1cn(CC(=O)N(C)C)nn1)c1ccc(Cl)s1. The molecule has 0 bridgehead atoms. The second kappa shape index (κ2) is 6.89. The second-order valence-corrected chi connectivity index (χ2v) is 6.67. The minimum absolute atomic E-state index is 0.0450. The van der Waals surface area contributed by atoms with E-state index in [9.17, 15) is 9.59 Å². The van der Waals surface area contributed by atoms with E-state index < -0.39 is 0 Å². The van der Waals surface area contributed by atoms with Gasteiger partial charge in [-0.3, -0.25) is 9.59 Å². The fraction of sp³-hybridized carbons (Fsp3) is 0.385. The van der Waals surface area contributed by atoms with Crippen LogP contribution in [0.4, 0.5) is 0 Å². The number of carbonyl (C=O) groups excluding carboxylic acids is 2. The van der Waals surface area contributed by atoms with Crippen LogP contribution in [-0.2, 0) is 11.3 Å². The van der Waals surface area contributed by atoms with Crippen LogP contribution in [0.2, 0.25) is 4.34 Å². The molecule has 0 aromatic carbocycles. The maximum Gasteiger partial charge on any atom is 0.273 e. The molecule has 2 heterocycles. The molecular weight excluding hydrogens is 326 g/mol. The van der Waals surface area contributed by atoms with Gasteiger partial charge in [0.2, 0.25) is 5.91 Å². The molecular formula is C13H16ClN5O2S. The van der Waals surface area contributed by atoms with Gasteiger partial charge < -0.3 is 10.2 Å². The third-order valence-corrected chi connectivity index (χ3v) is 4.35. The number of aromatic nitrogens is 3. The molecule has 0 saturated heterocycles. The minimum atomic E-state index is -0.347. The van der Waals surface area contributed by atoms with Crippen molar-refractivity contribution in [3.8, 4) is 0 Å². The Bertz CT molecular complexity index is 682. The maximum atomic E-state index is 12.1. The highest BCUT2D eigenvalue weighted by molar-refractivity contribution is 7.16. The lowest BCUT2D eigenvalue weighted by Crippen LogP contribution is -2.27. The highest BCUT2D eigenvalue weighted by atomic mass is 35.5. The van der Waals surface area contributed by atoms with E-state index in [1.165, 1.54) is 27.1 Å². The van der Waals surface area contributed by atoms with Gasteiger partial charge in [-0.05, 0) is 19.1 Å². The summed E-state index contributed by atoms with van der Waals surface area (Å²) in [5.41, 5.74) is 0.168. The Labute approximate surface area is 136 Å². The number of nitrogens with one attached hydrogen (secondary N) is 1. The van der Waals surface area contributed by atoms with Gasteiger partial charge in [-0.1, -0.05) is 16.8 Å². The fourth-order valence-electron chi connectivity index (χ4n) is 1.66. The average Bonchev–Trinajstić information content (AvgIpc) is 3.07. The predicted molar refractivity (Wildman–Crippen MR) is 83.9 cm³/mol. The van der Waals surface area contributed by atoms with Crippen LogP contribution in [0.1, 0.15) is 28.3 Å². The Morgan fingerprint density at radius 2 is 2.18 bits per heavy atom. The molecule has 2 aromatic heterocycles. The minimum Gasteiger partial charge on any atom is -0.347 e. The number of hydrogen-bond donors (Lipinski definition) is 1. The van der Waals surface area contributed by atoms with Gasteiger partial charge in [0.15, 0.2) is 5.69 Å². The third kappa shape index (κ3) is 4.05. The summed E-state index contributed by atoms with van der Waals surface area (Å²) in [6, 6.07) is 3.47. The molecule has 0 fully saturated rings. The van der Waals surface area contributed by atoms with Gasteiger partial charge in [0.1, 0.15) is 6.54 Å². The molecule has 2 rings (SSSR count). The van der Waals surface area contributed by atoms with Crippen LogP contribution in [0.3, 0.4) is 0 Å². The van der Waals surface area contributed by atoms with Crippen molar-refractivity contribution in [2.75, 3.05) is 14.1 Å². The zero-order valence-electron chi connectivity index (χ0n) is 12.4. The zero-order valence-corrected chi connectivity index (χ0v) is 14.0. The topological polar surface area (TPSA) is 80.1 Å². The molecule has 7 nitrogen and oxygen atoms in total. The van der Waals surface area contributed by atoms with Crippen molar-refractivity contribution in [1.82, 2.24) is 25.2 Å². The van der Waals surface area contributed by atoms with Crippen molar-refractivity contribution in [3.05, 3.63) is 33.2 Å². The number of thiophene rings is 1. The normalized spacial score (nSPS) is 12.0. The molecule has 0 aliphatic heterocycles. The molecule has 118 valence electrons. The Morgan fingerprint density at radius 1 is 1.45 bits per heavy atom. The molecule has 1 N–H and O–H groups in total. The van der Waals surface area contributed by atoms with Crippen LogP contribution < -0.4 is 5.32 Å². The monoisotopic (exact) mass is 341 g/mol. The van der Waals surface area contributed by atoms with Crippen molar-refractivity contribution >= 4 is 34.8 Å². The van der Waals surface area contributed by atoms with Crippen LogP contribution in [0, 0.1) is 0 Å². The first-order chi connectivity index (χ1) is 10.4. The molecule has 2 amide bonds. The summed E-state index contributed by atoms with van der Waals surface area (Å²) in [5.74, 6) is -0.473. The highest BCUT2D eigenvalue weighted by Crippen LogP contribution is 2.26. The van der Waals surface area contributed by atoms with Crippen LogP contribution in [0.25, 0.3) is 0 Å². The van der Waals surface area contributed by atoms with Crippen LogP contribution in [0.15, 0.2) is 18.3 Å². The first-order valence-electron chi connectivity index (χ1n) is 6.53. The lowest BCUT2D eigenvalue weighted by molar-refractivity contribution is -0.129. The number of halogens is 1. The molecule has 0 aliphatic carbocycles. The summed E-state index contributed by atoms with van der Waals surface area (Å²) in [4.78, 5) is 26.1. The summed E-state index contributed by atoms with van der Waals surface area (Å²) in [6.45, 7) is 1.91. The number of amides is 2. The number of nitrogens with zero attached hydrogens (tertiary/aromatic N) is 4. The molecule has 0 saturated carbocycles. The first-order valence-corrected chi connectivity index (χ1v) is 7.72. The number of carbonyl (C=O) groups is 2. The molecule has 2 aromatic rings. The summed E-state index contributed by atoms with van der Waals surface area (Å²) in [6.07, 6.45) is 1.45. The van der Waals surface area contributed by atoms with Crippen LogP contribution in [0.5, 0.6) is 0 Å². The van der Waals surface area contributed by atoms with E-state index in [0.29, 0.717) is 4.34 Å². The predicted octanol–water partition coefficient (Wildman–Crippen LogP) is 1.57. The molecule has 1 atom stereocenters. The maximum absolute atomic E-state index is 12.1. The summed E-state index contributed by atoms with van der Waals surface area (Å²) >= 11 is 7.29. The van der Waals surface area contributed by atoms with Gasteiger partial charge in [-0.2, -0.15) is 0 Å². The van der Waals surface area contributed by atoms with Crippen molar-refractivity contribution in [2.24, 2.45) is 0 Å². The van der Waals surface area contributed by atoms with Crippen molar-refractivity contribution in [1.29, 1.82) is 0 Å². The van der Waals surface area contributed by atoms with E-state index in [0.717, 1.165) is 4.88 Å². The van der Waals surface area contributed by atoms with E-state index in [-0.39, 0.29) is 30.1 Å². The second-order valence-electron chi connectivity index (χ2n) is 4.93. The summed E-state index contributed by atoms with van der Waals surface area (Å²) in [7, 11) is 3.31. The molecule has 0 aliphatic rings. The molecule has 22 heavy (non-hydrogen) atoms. The van der Waals surface area contributed by atoms with Gasteiger partial charge in [0, 0.05) is 19.0 Å². The van der Waals surface area contributed by atoms with Gasteiger partial charge in [-0.15, -0.1) is 16.4 Å². The molecule has 1 unspecified atom stereocenters. The fourth-order valence-corrected chi connectivity index (χ4v) is 2.73. The van der Waals surface area contributed by atoms with Gasteiger partial charge in [0.25, 0.3) is 5.91 Å². The summed E-state index contributed by atoms with van der Waals surface area (Å²) in [5, 5.41) is 10.4. The molecule has 9 heteroatoms. The van der Waals surface area contributed by atoms with Crippen LogP contribution >= 0.6 is 22.9 Å². The van der Waals surface area contributed by atoms with E-state index in [4.69, 9.17) is 11.6 Å². The van der Waals surface area contributed by atoms with Crippen molar-refractivity contribution in [2.45, 2.75) is 19.5 Å². The standard InChI is InChI=1S/C13H16ClN5O2S/c1-8(10-4-5-11(14)22-10)15-13(21)9-6-19(17-16-9)7-12(20)18(2)3/h4-6,8H,7H2,1-3H3,(H,15,21). The van der Waals surface area contributed by atoms with E-state index in [2.05, 4.69) is 15.6 Å². The first kappa shape index (κ1) is 16.4. The van der Waals surface area contributed by atoms with Crippen molar-refractivity contribution in [3.63, 3.8) is 0 Å². The molecule has 0 spiro atoms. The van der Waals surface area contributed by atoms with E-state index in [1.54, 1.807) is 20.2 Å². The van der Waals surface area contributed by atoms with Crippen molar-refractivity contribution < 1.29 is 9.59 Å². The smallest absolute Gasteiger partial charge is 0.273 e. The van der Waals surface area contributed by atoms with E-state index in [1.807, 2.05) is 13.0 Å². The lowest BCUT2D eigenvalue weighted by atomic mass is 10.2. The Kier molecular flexibility index (Phi) is 5.15. The Morgan fingerprint density at radius 3 is 2.77 bits per heavy atom. The lowest BCUT2D eigenvalue weighted by Gasteiger charge is -2.10. The van der Waals surface area contributed by atoms with Gasteiger partial charge >= 0.3 is 0 Å². The Balaban J connectivity index is 1.98. The van der Waals surface area contributed by atoms with Crippen LogP contribution in [-0.4, -0.2) is 45.8 Å². The largest absolute Gasteiger partial charge is 0.347 e. The van der Waals surface area contributed by atoms with Gasteiger partial charge in [-0.25, -0.2) is 4.68 Å². The number of rotatable bonds is 5. The quantitative estimate of drug-likeness (QED) is 0.895. The molecule has 0 radical (unpaired) electrons. The third-order valence-electron chi connectivity index (χ3n) is 2.94. The number of hydrogen-bond acceptors (Lipinski definition) is 5. The number of likely N-dealkylation sites (N-methyl/N-ethyl adjacent to an activating group) is 1.